The van der Waals surface area contributed by atoms with E-state index >= 15 is 0 Å². The Morgan fingerprint density at radius 2 is 2.39 bits per heavy atom. The lowest BCUT2D eigenvalue weighted by molar-refractivity contribution is 0.0697. The van der Waals surface area contributed by atoms with E-state index in [0.717, 1.165) is 0 Å². The molecule has 6 nitrogen and oxygen atoms in total. The van der Waals surface area contributed by atoms with Gasteiger partial charge < -0.3 is 14.8 Å². The van der Waals surface area contributed by atoms with Gasteiger partial charge >= 0.3 is 5.97 Å². The van der Waals surface area contributed by atoms with Crippen molar-refractivity contribution in [2.45, 2.75) is 19.9 Å². The number of anilines is 1. The van der Waals surface area contributed by atoms with E-state index in [1.54, 1.807) is 18.4 Å². The number of carbonyl (C=O) groups is 1. The summed E-state index contributed by atoms with van der Waals surface area (Å²) < 4.78 is 5.16. The second-order valence-corrected chi connectivity index (χ2v) is 3.64. The number of aryl methyl sites for hydroxylation is 1. The summed E-state index contributed by atoms with van der Waals surface area (Å²) in [4.78, 5) is 19.2. The van der Waals surface area contributed by atoms with E-state index in [4.69, 9.17) is 9.52 Å². The topological polar surface area (TPSA) is 88.2 Å². The molecule has 2 heterocycles. The zero-order valence-electron chi connectivity index (χ0n) is 9.88. The fourth-order valence-corrected chi connectivity index (χ4v) is 1.46. The summed E-state index contributed by atoms with van der Waals surface area (Å²) in [5.74, 6) is 0.565. The summed E-state index contributed by atoms with van der Waals surface area (Å²) in [5, 5.41) is 12.0. The van der Waals surface area contributed by atoms with Crippen molar-refractivity contribution in [1.29, 1.82) is 0 Å². The predicted molar refractivity (Wildman–Crippen MR) is 64.4 cm³/mol. The van der Waals surface area contributed by atoms with Crippen molar-refractivity contribution in [2.75, 3.05) is 5.32 Å². The Morgan fingerprint density at radius 1 is 1.56 bits per heavy atom. The van der Waals surface area contributed by atoms with E-state index < -0.39 is 5.97 Å². The maximum absolute atomic E-state index is 11.0. The lowest BCUT2D eigenvalue weighted by Crippen LogP contribution is -2.10. The van der Waals surface area contributed by atoms with Crippen LogP contribution in [-0.2, 0) is 13.0 Å². The number of nitrogens with one attached hydrogen (secondary N) is 1. The van der Waals surface area contributed by atoms with Gasteiger partial charge in [0.15, 0.2) is 0 Å². The summed E-state index contributed by atoms with van der Waals surface area (Å²) in [6.07, 6.45) is 3.53. The quantitative estimate of drug-likeness (QED) is 0.839. The molecule has 0 saturated carbocycles. The molecule has 18 heavy (non-hydrogen) atoms. The number of hydrogen-bond donors (Lipinski definition) is 2. The van der Waals surface area contributed by atoms with Gasteiger partial charge in [0.25, 0.3) is 0 Å². The molecule has 2 rings (SSSR count). The Balaban J connectivity index is 2.20. The summed E-state index contributed by atoms with van der Waals surface area (Å²) in [7, 11) is 0. The van der Waals surface area contributed by atoms with Gasteiger partial charge in [-0.2, -0.15) is 0 Å². The number of carboxylic acid groups (broad SMARTS) is 1. The third-order valence-corrected chi connectivity index (χ3v) is 2.40. The smallest absolute Gasteiger partial charge is 0.341 e. The fourth-order valence-electron chi connectivity index (χ4n) is 1.46. The molecule has 0 bridgehead atoms. The fraction of sp³-hybridized carbons (Fsp3) is 0.250. The SMILES string of the molecule is CCc1ncc(C(=O)O)c(NCc2ccco2)n1. The van der Waals surface area contributed by atoms with Crippen LogP contribution >= 0.6 is 0 Å². The number of furan rings is 1. The maximum Gasteiger partial charge on any atom is 0.341 e. The van der Waals surface area contributed by atoms with Gasteiger partial charge in [-0.15, -0.1) is 0 Å². The molecule has 94 valence electrons. The summed E-state index contributed by atoms with van der Waals surface area (Å²) in [6.45, 7) is 2.29. The third-order valence-electron chi connectivity index (χ3n) is 2.40. The number of aromatic nitrogens is 2. The van der Waals surface area contributed by atoms with Crippen molar-refractivity contribution < 1.29 is 14.3 Å². The lowest BCUT2D eigenvalue weighted by atomic mass is 10.3. The zero-order valence-corrected chi connectivity index (χ0v) is 9.88. The van der Waals surface area contributed by atoms with Crippen molar-refractivity contribution in [2.24, 2.45) is 0 Å². The van der Waals surface area contributed by atoms with Gasteiger partial charge in [-0.3, -0.25) is 0 Å². The van der Waals surface area contributed by atoms with Crippen molar-refractivity contribution in [1.82, 2.24) is 9.97 Å². The van der Waals surface area contributed by atoms with E-state index in [1.165, 1.54) is 6.20 Å². The van der Waals surface area contributed by atoms with Crippen molar-refractivity contribution in [3.05, 3.63) is 41.7 Å². The molecule has 6 heteroatoms. The average molecular weight is 247 g/mol. The second-order valence-electron chi connectivity index (χ2n) is 3.64. The first kappa shape index (κ1) is 12.1. The highest BCUT2D eigenvalue weighted by atomic mass is 16.4. The maximum atomic E-state index is 11.0. The average Bonchev–Trinajstić information content (AvgIpc) is 2.88. The highest BCUT2D eigenvalue weighted by Gasteiger charge is 2.13. The number of carboxylic acids is 1. The summed E-state index contributed by atoms with van der Waals surface area (Å²) >= 11 is 0. The highest BCUT2D eigenvalue weighted by molar-refractivity contribution is 5.92. The van der Waals surface area contributed by atoms with E-state index in [2.05, 4.69) is 15.3 Å². The van der Waals surface area contributed by atoms with Gasteiger partial charge in [0.2, 0.25) is 0 Å². The Kier molecular flexibility index (Phi) is 3.57. The van der Waals surface area contributed by atoms with Crippen molar-refractivity contribution in [3.63, 3.8) is 0 Å². The number of hydrogen-bond acceptors (Lipinski definition) is 5. The minimum Gasteiger partial charge on any atom is -0.477 e. The molecular weight excluding hydrogens is 234 g/mol. The first-order valence-electron chi connectivity index (χ1n) is 5.56. The molecule has 0 fully saturated rings. The standard InChI is InChI=1S/C12H13N3O3/c1-2-10-13-7-9(12(16)17)11(15-10)14-6-8-4-3-5-18-8/h3-5,7H,2,6H2,1H3,(H,16,17)(H,13,14,15). The van der Waals surface area contributed by atoms with Crippen LogP contribution in [0.15, 0.2) is 29.0 Å². The molecule has 0 saturated heterocycles. The van der Waals surface area contributed by atoms with Crippen LogP contribution in [0.4, 0.5) is 5.82 Å². The van der Waals surface area contributed by atoms with Crippen LogP contribution < -0.4 is 5.32 Å². The number of rotatable bonds is 5. The second kappa shape index (κ2) is 5.31. The Labute approximate surface area is 104 Å². The van der Waals surface area contributed by atoms with Crippen LogP contribution in [0.2, 0.25) is 0 Å². The van der Waals surface area contributed by atoms with Crippen LogP contribution in [0.5, 0.6) is 0 Å². The van der Waals surface area contributed by atoms with E-state index in [9.17, 15) is 4.79 Å². The van der Waals surface area contributed by atoms with Crippen molar-refractivity contribution >= 4 is 11.8 Å². The molecule has 2 aromatic rings. The normalized spacial score (nSPS) is 10.3. The summed E-state index contributed by atoms with van der Waals surface area (Å²) in [6, 6.07) is 3.57. The third kappa shape index (κ3) is 2.65. The molecule has 0 aliphatic carbocycles. The number of nitrogens with zero attached hydrogens (tertiary/aromatic N) is 2. The molecule has 0 atom stereocenters. The molecule has 0 radical (unpaired) electrons. The predicted octanol–water partition coefficient (Wildman–Crippen LogP) is 1.94. The Hall–Kier alpha value is -2.37. The van der Waals surface area contributed by atoms with Crippen LogP contribution in [0, 0.1) is 0 Å². The van der Waals surface area contributed by atoms with Crippen molar-refractivity contribution in [3.8, 4) is 0 Å². The lowest BCUT2D eigenvalue weighted by Gasteiger charge is -2.08. The van der Waals surface area contributed by atoms with Crippen LogP contribution in [-0.4, -0.2) is 21.0 Å². The molecule has 0 aliphatic heterocycles. The number of aromatic carboxylic acids is 1. The molecule has 0 aliphatic rings. The van der Waals surface area contributed by atoms with Gasteiger partial charge in [-0.25, -0.2) is 14.8 Å². The van der Waals surface area contributed by atoms with Crippen LogP contribution in [0.1, 0.15) is 28.9 Å². The van der Waals surface area contributed by atoms with Gasteiger partial charge in [0.05, 0.1) is 12.8 Å². The molecule has 2 aromatic heterocycles. The minimum absolute atomic E-state index is 0.0544. The Bertz CT molecular complexity index is 538. The first-order valence-corrected chi connectivity index (χ1v) is 5.56. The molecule has 0 spiro atoms. The zero-order chi connectivity index (χ0) is 13.0. The monoisotopic (exact) mass is 247 g/mol. The van der Waals surface area contributed by atoms with Crippen LogP contribution in [0.25, 0.3) is 0 Å². The van der Waals surface area contributed by atoms with Crippen LogP contribution in [0.3, 0.4) is 0 Å². The van der Waals surface area contributed by atoms with Gasteiger partial charge in [0, 0.05) is 12.6 Å². The van der Waals surface area contributed by atoms with E-state index in [1.807, 2.05) is 6.92 Å². The molecule has 2 N–H and O–H groups in total. The molecule has 0 aromatic carbocycles. The first-order chi connectivity index (χ1) is 8.70. The van der Waals surface area contributed by atoms with Gasteiger partial charge in [0.1, 0.15) is 23.0 Å². The minimum atomic E-state index is -1.06. The van der Waals surface area contributed by atoms with Gasteiger partial charge in [-0.1, -0.05) is 6.92 Å². The largest absolute Gasteiger partial charge is 0.477 e. The molecule has 0 amide bonds. The Morgan fingerprint density at radius 3 is 3.00 bits per heavy atom. The molecular formula is C12H13N3O3. The highest BCUT2D eigenvalue weighted by Crippen LogP contribution is 2.13. The van der Waals surface area contributed by atoms with Gasteiger partial charge in [-0.05, 0) is 12.1 Å². The van der Waals surface area contributed by atoms with E-state index in [0.29, 0.717) is 30.4 Å². The summed E-state index contributed by atoms with van der Waals surface area (Å²) in [5.41, 5.74) is 0.0544. The van der Waals surface area contributed by atoms with E-state index in [-0.39, 0.29) is 5.56 Å². The molecule has 0 unspecified atom stereocenters.